The molecule has 0 unspecified atom stereocenters. The number of aromatic nitrogens is 4. The number of nitrogens with one attached hydrogen (secondary N) is 1. The van der Waals surface area contributed by atoms with E-state index in [1.807, 2.05) is 26.2 Å². The Balaban J connectivity index is 1.58. The Morgan fingerprint density at radius 3 is 2.81 bits per heavy atom. The minimum atomic E-state index is -0.259. The molecular formula is C19H22FN5OS. The van der Waals surface area contributed by atoms with Crippen LogP contribution < -0.4 is 5.32 Å². The molecule has 0 aliphatic heterocycles. The maximum atomic E-state index is 13.2. The van der Waals surface area contributed by atoms with Gasteiger partial charge >= 0.3 is 0 Å². The van der Waals surface area contributed by atoms with E-state index in [-0.39, 0.29) is 11.7 Å². The van der Waals surface area contributed by atoms with Crippen molar-refractivity contribution < 1.29 is 9.18 Å². The molecule has 6 nitrogen and oxygen atoms in total. The first-order valence-electron chi connectivity index (χ1n) is 8.76. The van der Waals surface area contributed by atoms with Crippen molar-refractivity contribution in [1.82, 2.24) is 24.9 Å². The van der Waals surface area contributed by atoms with E-state index in [1.165, 1.54) is 23.9 Å². The number of thioether (sulfide) groups is 1. The Morgan fingerprint density at radius 1 is 1.26 bits per heavy atom. The van der Waals surface area contributed by atoms with E-state index in [9.17, 15) is 9.18 Å². The molecule has 0 aliphatic carbocycles. The Kier molecular flexibility index (Phi) is 6.05. The highest BCUT2D eigenvalue weighted by atomic mass is 32.2. The monoisotopic (exact) mass is 387 g/mol. The van der Waals surface area contributed by atoms with Gasteiger partial charge in [-0.05, 0) is 56.2 Å². The molecule has 0 aliphatic rings. The molecule has 8 heteroatoms. The number of hydrogen-bond acceptors (Lipinski definition) is 5. The Hall–Kier alpha value is -2.48. The molecule has 0 saturated heterocycles. The summed E-state index contributed by atoms with van der Waals surface area (Å²) >= 11 is 1.47. The first-order valence-corrected chi connectivity index (χ1v) is 9.98. The summed E-state index contributed by atoms with van der Waals surface area (Å²) in [6, 6.07) is 6.42. The first-order chi connectivity index (χ1) is 13.0. The van der Waals surface area contributed by atoms with E-state index < -0.39 is 0 Å². The van der Waals surface area contributed by atoms with Gasteiger partial charge in [0.2, 0.25) is 11.1 Å². The van der Waals surface area contributed by atoms with E-state index in [1.54, 1.807) is 10.6 Å². The minimum absolute atomic E-state index is 0.0336. The quantitative estimate of drug-likeness (QED) is 0.631. The van der Waals surface area contributed by atoms with Gasteiger partial charge < -0.3 is 5.32 Å². The Labute approximate surface area is 161 Å². The molecule has 1 N–H and O–H groups in total. The van der Waals surface area contributed by atoms with Crippen LogP contribution in [0.3, 0.4) is 0 Å². The molecule has 142 valence electrons. The van der Waals surface area contributed by atoms with Crippen LogP contribution in [0.15, 0.2) is 29.4 Å². The van der Waals surface area contributed by atoms with E-state index in [4.69, 9.17) is 0 Å². The third kappa shape index (κ3) is 4.63. The van der Waals surface area contributed by atoms with E-state index in [0.717, 1.165) is 22.5 Å². The molecule has 27 heavy (non-hydrogen) atoms. The third-order valence-corrected chi connectivity index (χ3v) is 4.98. The summed E-state index contributed by atoms with van der Waals surface area (Å²) in [6.45, 7) is 4.38. The molecule has 3 rings (SSSR count). The lowest BCUT2D eigenvalue weighted by molar-refractivity contribution is -0.121. The molecule has 0 saturated carbocycles. The normalized spacial score (nSPS) is 11.1. The highest BCUT2D eigenvalue weighted by molar-refractivity contribution is 7.98. The lowest BCUT2D eigenvalue weighted by atomic mass is 10.1. The topological polar surface area (TPSA) is 72.2 Å². The zero-order valence-electron chi connectivity index (χ0n) is 15.6. The van der Waals surface area contributed by atoms with Gasteiger partial charge in [0.1, 0.15) is 5.82 Å². The molecule has 1 amide bonds. The van der Waals surface area contributed by atoms with E-state index in [0.29, 0.717) is 36.7 Å². The van der Waals surface area contributed by atoms with Crippen molar-refractivity contribution in [3.05, 3.63) is 52.6 Å². The largest absolute Gasteiger partial charge is 0.356 e. The van der Waals surface area contributed by atoms with Gasteiger partial charge in [-0.25, -0.2) is 13.9 Å². The van der Waals surface area contributed by atoms with Crippen LogP contribution in [0.2, 0.25) is 0 Å². The average Bonchev–Trinajstić information content (AvgIpc) is 3.05. The SMILES string of the molecule is CSc1nc2nc(C)c(CCC(=O)NCCc3cccc(F)c3)c(C)n2n1. The summed E-state index contributed by atoms with van der Waals surface area (Å²) in [5, 5.41) is 7.99. The number of amides is 1. The Morgan fingerprint density at radius 2 is 2.07 bits per heavy atom. The molecule has 0 bridgehead atoms. The van der Waals surface area contributed by atoms with Gasteiger partial charge in [0, 0.05) is 24.4 Å². The lowest BCUT2D eigenvalue weighted by Crippen LogP contribution is -2.26. The minimum Gasteiger partial charge on any atom is -0.356 e. The summed E-state index contributed by atoms with van der Waals surface area (Å²) in [5.74, 6) is 0.289. The number of aryl methyl sites for hydroxylation is 2. The van der Waals surface area contributed by atoms with E-state index >= 15 is 0 Å². The Bertz CT molecular complexity index is 972. The predicted octanol–water partition coefficient (Wildman–Crippen LogP) is 2.89. The van der Waals surface area contributed by atoms with Crippen LogP contribution in [0.1, 0.15) is 28.9 Å². The zero-order valence-corrected chi connectivity index (χ0v) is 16.4. The summed E-state index contributed by atoms with van der Waals surface area (Å²) in [4.78, 5) is 21.0. The number of carbonyl (C=O) groups is 1. The first kappa shape index (κ1) is 19.3. The van der Waals surface area contributed by atoms with Gasteiger partial charge in [-0.3, -0.25) is 4.79 Å². The second-order valence-electron chi connectivity index (χ2n) is 6.30. The van der Waals surface area contributed by atoms with Crippen molar-refractivity contribution >= 4 is 23.4 Å². The van der Waals surface area contributed by atoms with Gasteiger partial charge in [-0.15, -0.1) is 5.10 Å². The van der Waals surface area contributed by atoms with Crippen molar-refractivity contribution in [2.45, 2.75) is 38.3 Å². The fourth-order valence-electron chi connectivity index (χ4n) is 3.00. The maximum Gasteiger partial charge on any atom is 0.253 e. The fourth-order valence-corrected chi connectivity index (χ4v) is 3.34. The van der Waals surface area contributed by atoms with Gasteiger partial charge in [-0.2, -0.15) is 4.98 Å². The van der Waals surface area contributed by atoms with Crippen molar-refractivity contribution in [2.24, 2.45) is 0 Å². The molecule has 0 fully saturated rings. The van der Waals surface area contributed by atoms with Crippen molar-refractivity contribution in [3.8, 4) is 0 Å². The number of hydrogen-bond donors (Lipinski definition) is 1. The van der Waals surface area contributed by atoms with Crippen LogP contribution in [-0.4, -0.2) is 38.3 Å². The number of benzene rings is 1. The second-order valence-corrected chi connectivity index (χ2v) is 7.07. The van der Waals surface area contributed by atoms with Crippen molar-refractivity contribution in [1.29, 1.82) is 0 Å². The molecular weight excluding hydrogens is 365 g/mol. The summed E-state index contributed by atoms with van der Waals surface area (Å²) in [6.07, 6.45) is 3.47. The number of rotatable bonds is 7. The molecule has 0 spiro atoms. The smallest absolute Gasteiger partial charge is 0.253 e. The van der Waals surface area contributed by atoms with Crippen LogP contribution in [0.25, 0.3) is 5.78 Å². The highest BCUT2D eigenvalue weighted by Crippen LogP contribution is 2.18. The molecule has 2 aromatic heterocycles. The van der Waals surface area contributed by atoms with Crippen LogP contribution in [0, 0.1) is 19.7 Å². The lowest BCUT2D eigenvalue weighted by Gasteiger charge is -2.10. The van der Waals surface area contributed by atoms with Crippen LogP contribution in [0.5, 0.6) is 0 Å². The number of fused-ring (bicyclic) bond motifs is 1. The summed E-state index contributed by atoms with van der Waals surface area (Å²) < 4.78 is 14.9. The number of halogens is 1. The highest BCUT2D eigenvalue weighted by Gasteiger charge is 2.14. The maximum absolute atomic E-state index is 13.2. The molecule has 0 radical (unpaired) electrons. The van der Waals surface area contributed by atoms with E-state index in [2.05, 4.69) is 20.4 Å². The summed E-state index contributed by atoms with van der Waals surface area (Å²) in [5.41, 5.74) is 3.71. The van der Waals surface area contributed by atoms with Crippen molar-refractivity contribution in [3.63, 3.8) is 0 Å². The number of nitrogens with zero attached hydrogens (tertiary/aromatic N) is 4. The third-order valence-electron chi connectivity index (χ3n) is 4.44. The van der Waals surface area contributed by atoms with Gasteiger partial charge in [0.25, 0.3) is 5.78 Å². The second kappa shape index (κ2) is 8.47. The molecule has 0 atom stereocenters. The number of carbonyl (C=O) groups excluding carboxylic acids is 1. The van der Waals surface area contributed by atoms with Crippen LogP contribution >= 0.6 is 11.8 Å². The zero-order chi connectivity index (χ0) is 19.4. The predicted molar refractivity (Wildman–Crippen MR) is 103 cm³/mol. The molecule has 1 aromatic carbocycles. The van der Waals surface area contributed by atoms with Crippen LogP contribution in [-0.2, 0) is 17.6 Å². The molecule has 2 heterocycles. The average molecular weight is 387 g/mol. The van der Waals surface area contributed by atoms with Crippen LogP contribution in [0.4, 0.5) is 4.39 Å². The van der Waals surface area contributed by atoms with Gasteiger partial charge in [0.15, 0.2) is 0 Å². The van der Waals surface area contributed by atoms with Crippen molar-refractivity contribution in [2.75, 3.05) is 12.8 Å². The molecule has 3 aromatic rings. The summed E-state index contributed by atoms with van der Waals surface area (Å²) in [7, 11) is 0. The fraction of sp³-hybridized carbons (Fsp3) is 0.368. The van der Waals surface area contributed by atoms with Gasteiger partial charge in [-0.1, -0.05) is 23.9 Å². The van der Waals surface area contributed by atoms with Gasteiger partial charge in [0.05, 0.1) is 0 Å². The standard InChI is InChI=1S/C19H22FN5OS/c1-12-16(13(2)25-18(22-12)23-19(24-25)27-3)7-8-17(26)21-10-9-14-5-4-6-15(20)11-14/h4-6,11H,7-10H2,1-3H3,(H,21,26).